The summed E-state index contributed by atoms with van der Waals surface area (Å²) in [5.74, 6) is 0.795. The van der Waals surface area contributed by atoms with Crippen LogP contribution in [0.2, 0.25) is 0 Å². The Hall–Kier alpha value is -5.78. The molecule has 1 aliphatic carbocycles. The van der Waals surface area contributed by atoms with Crippen molar-refractivity contribution in [3.05, 3.63) is 89.5 Å². The molecule has 0 bridgehead atoms. The first kappa shape index (κ1) is 34.7. The summed E-state index contributed by atoms with van der Waals surface area (Å²) in [7, 11) is 2.95. The molecule has 4 atom stereocenters. The van der Waals surface area contributed by atoms with Gasteiger partial charge >= 0.3 is 5.97 Å². The van der Waals surface area contributed by atoms with Gasteiger partial charge in [-0.3, -0.25) is 9.59 Å². The highest BCUT2D eigenvalue weighted by Crippen LogP contribution is 2.56. The number of nitrogen functional groups attached to an aromatic ring is 1. The molecule has 3 aliphatic rings. The molecule has 5 N–H and O–H groups in total. The molecule has 1 saturated heterocycles. The number of hydrogen-bond acceptors (Lipinski definition) is 11. The first-order valence-electron chi connectivity index (χ1n) is 17.5. The predicted octanol–water partition coefficient (Wildman–Crippen LogP) is 6.78. The number of nitrogens with one attached hydrogen (secondary N) is 2. The molecule has 0 spiro atoms. The molecule has 0 aromatic heterocycles. The largest absolute Gasteiger partial charge is 0.502 e. The van der Waals surface area contributed by atoms with E-state index in [0.717, 1.165) is 53.8 Å². The van der Waals surface area contributed by atoms with Crippen molar-refractivity contribution in [2.75, 3.05) is 50.6 Å². The quantitative estimate of drug-likeness (QED) is 0.0621. The average Bonchev–Trinajstić information content (AvgIpc) is 3.78. The number of cyclic esters (lactones) is 1. The van der Waals surface area contributed by atoms with Crippen LogP contribution >= 0.6 is 0 Å². The van der Waals surface area contributed by atoms with Crippen LogP contribution in [0.5, 0.6) is 34.5 Å². The van der Waals surface area contributed by atoms with Crippen LogP contribution in [0.25, 0.3) is 0 Å². The van der Waals surface area contributed by atoms with E-state index in [9.17, 15) is 14.7 Å². The lowest BCUT2D eigenvalue weighted by molar-refractivity contribution is -0.141. The van der Waals surface area contributed by atoms with Gasteiger partial charge in [-0.05, 0) is 78.1 Å². The van der Waals surface area contributed by atoms with Gasteiger partial charge < -0.3 is 49.9 Å². The number of fused-ring (bicyclic) bond motifs is 3. The van der Waals surface area contributed by atoms with E-state index in [1.54, 1.807) is 24.3 Å². The summed E-state index contributed by atoms with van der Waals surface area (Å²) in [4.78, 5) is 25.8. The van der Waals surface area contributed by atoms with Crippen LogP contribution < -0.4 is 40.1 Å². The molecule has 12 heteroatoms. The van der Waals surface area contributed by atoms with Gasteiger partial charge in [-0.25, -0.2) is 0 Å². The van der Waals surface area contributed by atoms with Gasteiger partial charge in [0.2, 0.25) is 18.4 Å². The molecule has 272 valence electrons. The van der Waals surface area contributed by atoms with Gasteiger partial charge in [0.15, 0.2) is 23.0 Å². The maximum atomic E-state index is 13.5. The van der Waals surface area contributed by atoms with Crippen LogP contribution in [0.15, 0.2) is 72.8 Å². The van der Waals surface area contributed by atoms with E-state index in [1.165, 1.54) is 14.2 Å². The number of benzene rings is 4. The van der Waals surface area contributed by atoms with Crippen LogP contribution in [0.3, 0.4) is 0 Å². The molecule has 0 unspecified atom stereocenters. The van der Waals surface area contributed by atoms with E-state index >= 15 is 0 Å². The van der Waals surface area contributed by atoms with Gasteiger partial charge in [0.05, 0.1) is 50.8 Å². The third kappa shape index (κ3) is 7.05. The first-order chi connectivity index (χ1) is 25.3. The molecule has 1 fully saturated rings. The molecule has 1 amide bonds. The fourth-order valence-corrected chi connectivity index (χ4v) is 7.45. The number of esters is 1. The van der Waals surface area contributed by atoms with E-state index < -0.39 is 11.8 Å². The Morgan fingerprint density at radius 2 is 1.62 bits per heavy atom. The fourth-order valence-electron chi connectivity index (χ4n) is 7.45. The Morgan fingerprint density at radius 1 is 0.885 bits per heavy atom. The number of hydrogen-bond donors (Lipinski definition) is 4. The van der Waals surface area contributed by atoms with Gasteiger partial charge in [0.25, 0.3) is 0 Å². The minimum atomic E-state index is -0.536. The zero-order valence-electron chi connectivity index (χ0n) is 29.2. The summed E-state index contributed by atoms with van der Waals surface area (Å²) in [6.45, 7) is 0.881. The fraction of sp³-hybridized carbons (Fsp3) is 0.350. The zero-order chi connectivity index (χ0) is 36.2. The number of anilines is 3. The van der Waals surface area contributed by atoms with Crippen molar-refractivity contribution in [3.8, 4) is 34.5 Å². The number of para-hydroxylation sites is 2. The van der Waals surface area contributed by atoms with Gasteiger partial charge in [0, 0.05) is 30.0 Å². The van der Waals surface area contributed by atoms with E-state index in [1.807, 2.05) is 48.5 Å². The molecule has 7 rings (SSSR count). The number of carbonyl (C=O) groups excluding carboxylic acids is 2. The van der Waals surface area contributed by atoms with Crippen molar-refractivity contribution in [2.24, 2.45) is 11.8 Å². The number of carbonyl (C=O) groups is 2. The monoisotopic (exact) mass is 709 g/mol. The number of rotatable bonds is 14. The van der Waals surface area contributed by atoms with Crippen molar-refractivity contribution in [3.63, 3.8) is 0 Å². The summed E-state index contributed by atoms with van der Waals surface area (Å²) < 4.78 is 34.4. The van der Waals surface area contributed by atoms with Crippen LogP contribution in [-0.4, -0.2) is 51.2 Å². The molecule has 4 aromatic rings. The standard InChI is InChI=1S/C40H43N3O9/c1-47-33-16-23(17-34(48-2)39(33)45)36-26-19-31-32(52-22-51-31)20-27(26)38(28-21-50-40(46)37(28)36)42-24-10-9-11-25(18-24)49-15-8-4-3-5-14-35(44)43-30-13-7-6-12-29(30)41/h6-7,9-13,16-20,28,36-38,42,45H,3-5,8,14-15,21-22,41H2,1-2H3,(H,43,44)/t28-,36+,37-,38+/m0/s1. The normalized spacial score (nSPS) is 19.6. The van der Waals surface area contributed by atoms with E-state index in [2.05, 4.69) is 10.6 Å². The average molecular weight is 710 g/mol. The maximum absolute atomic E-state index is 13.5. The van der Waals surface area contributed by atoms with E-state index in [0.29, 0.717) is 35.9 Å². The third-order valence-electron chi connectivity index (χ3n) is 10.0. The number of ether oxygens (including phenoxy) is 6. The minimum absolute atomic E-state index is 0.0412. The highest BCUT2D eigenvalue weighted by molar-refractivity contribution is 5.93. The topological polar surface area (TPSA) is 160 Å². The smallest absolute Gasteiger partial charge is 0.310 e. The van der Waals surface area contributed by atoms with Crippen LogP contribution in [0.4, 0.5) is 17.1 Å². The van der Waals surface area contributed by atoms with Crippen LogP contribution in [0.1, 0.15) is 60.8 Å². The van der Waals surface area contributed by atoms with Crippen molar-refractivity contribution < 1.29 is 43.1 Å². The molecule has 2 heterocycles. The molecule has 0 radical (unpaired) electrons. The summed E-state index contributed by atoms with van der Waals surface area (Å²) in [6, 6.07) is 22.1. The highest BCUT2D eigenvalue weighted by atomic mass is 16.7. The third-order valence-corrected chi connectivity index (χ3v) is 10.0. The predicted molar refractivity (Wildman–Crippen MR) is 194 cm³/mol. The Balaban J connectivity index is 1.03. The number of amides is 1. The Kier molecular flexibility index (Phi) is 10.1. The summed E-state index contributed by atoms with van der Waals surface area (Å²) in [5.41, 5.74) is 10.5. The van der Waals surface area contributed by atoms with Crippen molar-refractivity contribution in [1.82, 2.24) is 0 Å². The highest BCUT2D eigenvalue weighted by Gasteiger charge is 2.52. The Labute approximate surface area is 302 Å². The van der Waals surface area contributed by atoms with Gasteiger partial charge in [0.1, 0.15) is 5.75 Å². The first-order valence-corrected chi connectivity index (χ1v) is 17.5. The number of aromatic hydroxyl groups is 1. The molecule has 52 heavy (non-hydrogen) atoms. The van der Waals surface area contributed by atoms with E-state index in [-0.39, 0.29) is 54.5 Å². The Bertz CT molecular complexity index is 1920. The van der Waals surface area contributed by atoms with Crippen molar-refractivity contribution in [2.45, 2.75) is 44.1 Å². The van der Waals surface area contributed by atoms with Gasteiger partial charge in [-0.1, -0.05) is 31.0 Å². The number of nitrogens with two attached hydrogens (primary N) is 1. The lowest BCUT2D eigenvalue weighted by Gasteiger charge is -2.40. The number of phenolic OH excluding ortho intramolecular Hbond substituents is 1. The van der Waals surface area contributed by atoms with Crippen LogP contribution in [0, 0.1) is 11.8 Å². The summed E-state index contributed by atoms with van der Waals surface area (Å²) >= 11 is 0. The maximum Gasteiger partial charge on any atom is 0.310 e. The molecular weight excluding hydrogens is 666 g/mol. The summed E-state index contributed by atoms with van der Waals surface area (Å²) in [6.07, 6.45) is 3.92. The molecule has 4 aromatic carbocycles. The Morgan fingerprint density at radius 3 is 2.37 bits per heavy atom. The number of phenols is 1. The number of unbranched alkanes of at least 4 members (excludes halogenated alkanes) is 3. The second-order valence-corrected chi connectivity index (χ2v) is 13.2. The summed E-state index contributed by atoms with van der Waals surface area (Å²) in [5, 5.41) is 17.2. The SMILES string of the molecule is COc1cc([C@@H]2c3cc4c(cc3[C@@H](Nc3cccc(OCCCCCCC(=O)Nc5ccccc5N)c3)[C@H]3COC(=O)[C@H]23)OCO4)cc(OC)c1O. The molecular formula is C40H43N3O9. The molecule has 12 nitrogen and oxygen atoms in total. The number of methoxy groups -OCH3 is 2. The van der Waals surface area contributed by atoms with Crippen molar-refractivity contribution in [1.29, 1.82) is 0 Å². The minimum Gasteiger partial charge on any atom is -0.502 e. The zero-order valence-corrected chi connectivity index (χ0v) is 29.2. The second kappa shape index (κ2) is 15.2. The molecule has 2 aliphatic heterocycles. The van der Waals surface area contributed by atoms with Crippen LogP contribution in [-0.2, 0) is 14.3 Å². The lowest BCUT2D eigenvalue weighted by Crippen LogP contribution is -2.37. The van der Waals surface area contributed by atoms with Gasteiger partial charge in [-0.15, -0.1) is 0 Å². The van der Waals surface area contributed by atoms with Crippen molar-refractivity contribution >= 4 is 28.9 Å². The molecule has 0 saturated carbocycles. The van der Waals surface area contributed by atoms with E-state index in [4.69, 9.17) is 34.2 Å². The second-order valence-electron chi connectivity index (χ2n) is 13.2. The lowest BCUT2D eigenvalue weighted by atomic mass is 9.65. The van der Waals surface area contributed by atoms with Gasteiger partial charge in [-0.2, -0.15) is 0 Å².